The molecule has 0 aromatic heterocycles. The zero-order valence-corrected chi connectivity index (χ0v) is 26.8. The van der Waals surface area contributed by atoms with Crippen LogP contribution in [0.5, 0.6) is 5.75 Å². The highest BCUT2D eigenvalue weighted by atomic mass is 32.2. The van der Waals surface area contributed by atoms with Gasteiger partial charge in [-0.3, -0.25) is 14.4 Å². The summed E-state index contributed by atoms with van der Waals surface area (Å²) in [7, 11) is 0. The van der Waals surface area contributed by atoms with Crippen molar-refractivity contribution in [3.8, 4) is 5.75 Å². The zero-order valence-electron chi connectivity index (χ0n) is 26.0. The van der Waals surface area contributed by atoms with E-state index in [0.717, 1.165) is 28.3 Å². The first-order valence-corrected chi connectivity index (χ1v) is 16.4. The number of anilines is 2. The van der Waals surface area contributed by atoms with Crippen LogP contribution >= 0.6 is 11.8 Å². The Balaban J connectivity index is 1.45. The van der Waals surface area contributed by atoms with E-state index in [0.29, 0.717) is 19.7 Å². The minimum absolute atomic E-state index is 0.0973. The molecule has 1 spiro atoms. The third-order valence-corrected chi connectivity index (χ3v) is 11.3. The van der Waals surface area contributed by atoms with E-state index in [4.69, 9.17) is 4.74 Å². The van der Waals surface area contributed by atoms with Crippen LogP contribution in [0.25, 0.3) is 0 Å². The predicted molar refractivity (Wildman–Crippen MR) is 174 cm³/mol. The molecule has 44 heavy (non-hydrogen) atoms. The Morgan fingerprint density at radius 3 is 2.39 bits per heavy atom. The van der Waals surface area contributed by atoms with Crippen LogP contribution in [0.2, 0.25) is 0 Å². The van der Waals surface area contributed by atoms with E-state index in [1.165, 1.54) is 0 Å². The third kappa shape index (κ3) is 4.76. The lowest BCUT2D eigenvalue weighted by Crippen LogP contribution is -2.57. The molecule has 0 radical (unpaired) electrons. The number of aryl methyl sites for hydroxylation is 2. The molecule has 1 unspecified atom stereocenters. The molecule has 2 aromatic rings. The molecule has 3 amide bonds. The summed E-state index contributed by atoms with van der Waals surface area (Å²) in [4.78, 5) is 49.2. The highest BCUT2D eigenvalue weighted by Gasteiger charge is 2.72. The highest BCUT2D eigenvalue weighted by molar-refractivity contribution is 8.02. The quantitative estimate of drug-likeness (QED) is 0.461. The Kier molecular flexibility index (Phi) is 8.13. The van der Waals surface area contributed by atoms with Crippen molar-refractivity contribution < 1.29 is 24.2 Å². The molecule has 232 valence electrons. The van der Waals surface area contributed by atoms with E-state index in [1.807, 2.05) is 101 Å². The number of aliphatic hydroxyl groups excluding tert-OH is 1. The molecule has 0 bridgehead atoms. The number of nitrogens with zero attached hydrogens (tertiary/aromatic N) is 3. The first-order chi connectivity index (χ1) is 21.1. The summed E-state index contributed by atoms with van der Waals surface area (Å²) in [6, 6.07) is 12.1. The van der Waals surface area contributed by atoms with Crippen LogP contribution in [0.1, 0.15) is 31.9 Å². The van der Waals surface area contributed by atoms with Gasteiger partial charge in [-0.15, -0.1) is 11.8 Å². The second-order valence-electron chi connectivity index (χ2n) is 12.5. The fourth-order valence-electron chi connectivity index (χ4n) is 7.40. The smallest absolute Gasteiger partial charge is 0.251 e. The Hall–Kier alpha value is -3.56. The van der Waals surface area contributed by atoms with Gasteiger partial charge in [-0.25, -0.2) is 0 Å². The highest BCUT2D eigenvalue weighted by Crippen LogP contribution is 2.61. The van der Waals surface area contributed by atoms with E-state index in [-0.39, 0.29) is 35.5 Å². The van der Waals surface area contributed by atoms with Gasteiger partial charge in [0.05, 0.1) is 35.8 Å². The maximum absolute atomic E-state index is 14.8. The van der Waals surface area contributed by atoms with Crippen LogP contribution in [0.3, 0.4) is 0 Å². The average Bonchev–Trinajstić information content (AvgIpc) is 3.31. The number of aliphatic hydroxyl groups is 1. The van der Waals surface area contributed by atoms with Gasteiger partial charge < -0.3 is 24.5 Å². The number of carbonyl (C=O) groups is 3. The molecule has 6 rings (SSSR count). The molecule has 1 N–H and O–H groups in total. The minimum atomic E-state index is -0.958. The third-order valence-electron chi connectivity index (χ3n) is 9.53. The number of thioether (sulfide) groups is 1. The van der Waals surface area contributed by atoms with Crippen LogP contribution < -0.4 is 14.5 Å². The maximum Gasteiger partial charge on any atom is 0.251 e. The van der Waals surface area contributed by atoms with E-state index < -0.39 is 28.7 Å². The largest absolute Gasteiger partial charge is 0.494 e. The summed E-state index contributed by atoms with van der Waals surface area (Å²) in [6.45, 7) is 10.9. The number of fused-ring (bicyclic) bond motifs is 2. The van der Waals surface area contributed by atoms with Gasteiger partial charge in [0.1, 0.15) is 11.8 Å². The lowest BCUT2D eigenvalue weighted by molar-refractivity contribution is -0.142. The molecule has 8 nitrogen and oxygen atoms in total. The second-order valence-corrected chi connectivity index (χ2v) is 14.0. The van der Waals surface area contributed by atoms with Crippen molar-refractivity contribution in [1.29, 1.82) is 0 Å². The van der Waals surface area contributed by atoms with Gasteiger partial charge in [-0.2, -0.15) is 0 Å². The normalized spacial score (nSPS) is 28.6. The van der Waals surface area contributed by atoms with E-state index in [9.17, 15) is 19.5 Å². The van der Waals surface area contributed by atoms with Gasteiger partial charge >= 0.3 is 0 Å². The molecule has 0 saturated carbocycles. The molecule has 0 aliphatic carbocycles. The van der Waals surface area contributed by atoms with Gasteiger partial charge in [0.25, 0.3) is 5.91 Å². The van der Waals surface area contributed by atoms with Crippen molar-refractivity contribution in [2.45, 2.75) is 56.7 Å². The molecule has 4 heterocycles. The molecule has 2 saturated heterocycles. The summed E-state index contributed by atoms with van der Waals surface area (Å²) >= 11 is 1.56. The number of hydrogen-bond donors (Lipinski definition) is 1. The van der Waals surface area contributed by atoms with Gasteiger partial charge in [-0.1, -0.05) is 50.3 Å². The molecule has 4 aliphatic rings. The van der Waals surface area contributed by atoms with Crippen molar-refractivity contribution in [3.63, 3.8) is 0 Å². The van der Waals surface area contributed by atoms with Gasteiger partial charge in [0, 0.05) is 29.7 Å². The van der Waals surface area contributed by atoms with Crippen molar-refractivity contribution >= 4 is 40.9 Å². The number of likely N-dealkylation sites (tertiary alicyclic amines) is 1. The molecule has 9 heteroatoms. The van der Waals surface area contributed by atoms with Crippen LogP contribution in [0.15, 0.2) is 66.8 Å². The topological polar surface area (TPSA) is 90.4 Å². The van der Waals surface area contributed by atoms with Gasteiger partial charge in [0.15, 0.2) is 0 Å². The molecule has 4 aliphatic heterocycles. The summed E-state index contributed by atoms with van der Waals surface area (Å²) < 4.78 is 4.65. The average molecular weight is 616 g/mol. The van der Waals surface area contributed by atoms with Crippen LogP contribution in [-0.2, 0) is 14.4 Å². The summed E-state index contributed by atoms with van der Waals surface area (Å²) in [6.07, 6.45) is 8.06. The molecule has 6 atom stereocenters. The standard InChI is InChI=1S/C35H41N3O5S/c1-6-43-25-14-12-24(13-15-25)36-17-7-9-28-29(32(36)40)30-33(41)38(27(20-39)21(2)3)31-34(42)37(18-8-16-35(30,31)44-28)26-19-22(4)10-11-23(26)5/h7-16,19,21,27-31,39H,6,17-18,20H2,1-5H3/t27-,28-,29+,30-,31?,35-/m0/s1. The van der Waals surface area contributed by atoms with Crippen LogP contribution in [-0.4, -0.2) is 76.1 Å². The van der Waals surface area contributed by atoms with Crippen molar-refractivity contribution in [2.24, 2.45) is 17.8 Å². The van der Waals surface area contributed by atoms with Crippen LogP contribution in [0, 0.1) is 31.6 Å². The molecule has 2 fully saturated rings. The SMILES string of the molecule is CCOc1ccc(N2CC=C[C@@H]3S[C@]45C=CCN(c6cc(C)ccc6C)C(=O)C4N([C@@H](CO)C(C)C)C(=O)[C@@H]5[C@@H]3C2=O)cc1. The maximum atomic E-state index is 14.8. The Morgan fingerprint density at radius 2 is 1.70 bits per heavy atom. The monoisotopic (exact) mass is 615 g/mol. The van der Waals surface area contributed by atoms with Crippen LogP contribution in [0.4, 0.5) is 11.4 Å². The Bertz CT molecular complexity index is 1520. The fourth-order valence-corrected chi connectivity index (χ4v) is 9.39. The fraction of sp³-hybridized carbons (Fsp3) is 0.457. The van der Waals surface area contributed by atoms with Gasteiger partial charge in [0.2, 0.25) is 11.8 Å². The van der Waals surface area contributed by atoms with Gasteiger partial charge in [-0.05, 0) is 68.1 Å². The van der Waals surface area contributed by atoms with E-state index in [2.05, 4.69) is 0 Å². The first kappa shape index (κ1) is 30.5. The summed E-state index contributed by atoms with van der Waals surface area (Å²) in [5.74, 6) is -1.34. The molecule has 2 aromatic carbocycles. The zero-order chi connectivity index (χ0) is 31.3. The predicted octanol–water partition coefficient (Wildman–Crippen LogP) is 4.52. The number of amides is 3. The van der Waals surface area contributed by atoms with E-state index >= 15 is 0 Å². The minimum Gasteiger partial charge on any atom is -0.494 e. The second kappa shape index (κ2) is 11.7. The number of rotatable bonds is 7. The first-order valence-electron chi connectivity index (χ1n) is 15.5. The van der Waals surface area contributed by atoms with E-state index in [1.54, 1.807) is 26.5 Å². The number of carbonyl (C=O) groups excluding carboxylic acids is 3. The van der Waals surface area contributed by atoms with Crippen molar-refractivity contribution in [3.05, 3.63) is 77.9 Å². The lowest BCUT2D eigenvalue weighted by atomic mass is 9.78. The van der Waals surface area contributed by atoms with Crippen molar-refractivity contribution in [1.82, 2.24) is 4.90 Å². The Morgan fingerprint density at radius 1 is 0.977 bits per heavy atom. The summed E-state index contributed by atoms with van der Waals surface area (Å²) in [5.41, 5.74) is 3.55. The number of hydrogen-bond acceptors (Lipinski definition) is 6. The lowest BCUT2D eigenvalue weighted by Gasteiger charge is -2.40. The summed E-state index contributed by atoms with van der Waals surface area (Å²) in [5, 5.41) is 10.3. The van der Waals surface area contributed by atoms with Crippen molar-refractivity contribution in [2.75, 3.05) is 36.1 Å². The number of ether oxygens (including phenoxy) is 1. The Labute approximate surface area is 263 Å². The molecular formula is C35H41N3O5S. The number of benzene rings is 2. The molecular weight excluding hydrogens is 574 g/mol.